The molecule has 1 amide bonds. The lowest BCUT2D eigenvalue weighted by Gasteiger charge is -2.18. The Bertz CT molecular complexity index is 541. The summed E-state index contributed by atoms with van der Waals surface area (Å²) in [5, 5.41) is 4.64. The van der Waals surface area contributed by atoms with Gasteiger partial charge in [-0.2, -0.15) is 5.10 Å². The third-order valence-corrected chi connectivity index (χ3v) is 3.18. The summed E-state index contributed by atoms with van der Waals surface area (Å²) in [6, 6.07) is 7.53. The first-order valence-electron chi connectivity index (χ1n) is 5.96. The van der Waals surface area contributed by atoms with Crippen LogP contribution >= 0.6 is 11.6 Å². The van der Waals surface area contributed by atoms with E-state index in [4.69, 9.17) is 11.6 Å². The molecule has 1 heterocycles. The number of amides is 1. The van der Waals surface area contributed by atoms with Crippen molar-refractivity contribution in [1.82, 2.24) is 19.7 Å². The molecule has 5 nitrogen and oxygen atoms in total. The largest absolute Gasteiger partial charge is 0.341 e. The summed E-state index contributed by atoms with van der Waals surface area (Å²) >= 11 is 6.07. The number of benzene rings is 1. The topological polar surface area (TPSA) is 51.0 Å². The lowest BCUT2D eigenvalue weighted by atomic mass is 10.2. The van der Waals surface area contributed by atoms with Crippen LogP contribution in [0, 0.1) is 0 Å². The number of rotatable bonds is 5. The van der Waals surface area contributed by atoms with Crippen molar-refractivity contribution in [3.05, 3.63) is 47.5 Å². The number of nitrogens with zero attached hydrogens (tertiary/aromatic N) is 4. The summed E-state index contributed by atoms with van der Waals surface area (Å²) < 4.78 is 1.64. The molecule has 2 rings (SSSR count). The number of aromatic nitrogens is 3. The number of carbonyl (C=O) groups excluding carboxylic acids is 1. The van der Waals surface area contributed by atoms with Crippen molar-refractivity contribution in [2.24, 2.45) is 0 Å². The molecule has 1 aromatic heterocycles. The van der Waals surface area contributed by atoms with Crippen LogP contribution < -0.4 is 0 Å². The fourth-order valence-corrected chi connectivity index (χ4v) is 1.92. The molecule has 0 atom stereocenters. The number of aryl methyl sites for hydroxylation is 1. The zero-order valence-electron chi connectivity index (χ0n) is 10.7. The molecule has 19 heavy (non-hydrogen) atoms. The molecule has 0 saturated carbocycles. The molecule has 0 saturated heterocycles. The van der Waals surface area contributed by atoms with E-state index in [1.54, 1.807) is 23.0 Å². The molecule has 0 spiro atoms. The van der Waals surface area contributed by atoms with Gasteiger partial charge >= 0.3 is 0 Å². The number of halogens is 1. The van der Waals surface area contributed by atoms with Crippen molar-refractivity contribution in [1.29, 1.82) is 0 Å². The average molecular weight is 279 g/mol. The van der Waals surface area contributed by atoms with Gasteiger partial charge in [-0.25, -0.2) is 4.98 Å². The molecule has 100 valence electrons. The Labute approximate surface area is 116 Å². The second-order valence-electron chi connectivity index (χ2n) is 4.25. The van der Waals surface area contributed by atoms with Gasteiger partial charge in [-0.15, -0.1) is 0 Å². The molecule has 0 aliphatic carbocycles. The Morgan fingerprint density at radius 1 is 1.42 bits per heavy atom. The Kier molecular flexibility index (Phi) is 4.52. The second kappa shape index (κ2) is 6.33. The number of carbonyl (C=O) groups is 1. The van der Waals surface area contributed by atoms with Crippen molar-refractivity contribution < 1.29 is 4.79 Å². The predicted molar refractivity (Wildman–Crippen MR) is 72.6 cm³/mol. The van der Waals surface area contributed by atoms with E-state index in [-0.39, 0.29) is 5.91 Å². The minimum Gasteiger partial charge on any atom is -0.341 e. The van der Waals surface area contributed by atoms with Gasteiger partial charge in [-0.3, -0.25) is 9.48 Å². The molecule has 0 unspecified atom stereocenters. The minimum atomic E-state index is 0.0513. The van der Waals surface area contributed by atoms with Crippen LogP contribution in [0.5, 0.6) is 0 Å². The molecular weight excluding hydrogens is 264 g/mol. The third kappa shape index (κ3) is 3.79. The number of hydrogen-bond acceptors (Lipinski definition) is 3. The first-order chi connectivity index (χ1) is 9.16. The zero-order chi connectivity index (χ0) is 13.7. The maximum atomic E-state index is 12.0. The molecule has 0 fully saturated rings. The van der Waals surface area contributed by atoms with Gasteiger partial charge in [0, 0.05) is 25.0 Å². The lowest BCUT2D eigenvalue weighted by Crippen LogP contribution is -2.27. The quantitative estimate of drug-likeness (QED) is 0.840. The monoisotopic (exact) mass is 278 g/mol. The standard InChI is InChI=1S/C13H15ClN4O/c1-17(8-11-4-2-3-5-12(11)14)13(19)6-7-18-10-15-9-16-18/h2-5,9-10H,6-8H2,1H3. The fraction of sp³-hybridized carbons (Fsp3) is 0.308. The van der Waals surface area contributed by atoms with E-state index in [0.29, 0.717) is 24.5 Å². The Hall–Kier alpha value is -1.88. The van der Waals surface area contributed by atoms with Crippen LogP contribution in [0.2, 0.25) is 5.02 Å². The van der Waals surface area contributed by atoms with E-state index >= 15 is 0 Å². The second-order valence-corrected chi connectivity index (χ2v) is 4.66. The zero-order valence-corrected chi connectivity index (χ0v) is 11.4. The van der Waals surface area contributed by atoms with E-state index < -0.39 is 0 Å². The van der Waals surface area contributed by atoms with E-state index in [1.165, 1.54) is 6.33 Å². The molecule has 1 aromatic carbocycles. The molecule has 6 heteroatoms. The molecule has 0 aliphatic heterocycles. The van der Waals surface area contributed by atoms with Gasteiger partial charge in [0.25, 0.3) is 0 Å². The average Bonchev–Trinajstić information content (AvgIpc) is 2.91. The molecule has 2 aromatic rings. The summed E-state index contributed by atoms with van der Waals surface area (Å²) in [6.45, 7) is 1.04. The van der Waals surface area contributed by atoms with E-state index in [0.717, 1.165) is 5.56 Å². The van der Waals surface area contributed by atoms with E-state index in [2.05, 4.69) is 10.1 Å². The fourth-order valence-electron chi connectivity index (χ4n) is 1.72. The van der Waals surface area contributed by atoms with Crippen LogP contribution in [0.15, 0.2) is 36.9 Å². The highest BCUT2D eigenvalue weighted by atomic mass is 35.5. The van der Waals surface area contributed by atoms with Crippen LogP contribution in [-0.4, -0.2) is 32.6 Å². The van der Waals surface area contributed by atoms with Crippen LogP contribution in [0.3, 0.4) is 0 Å². The lowest BCUT2D eigenvalue weighted by molar-refractivity contribution is -0.130. The van der Waals surface area contributed by atoms with E-state index in [9.17, 15) is 4.79 Å². The highest BCUT2D eigenvalue weighted by molar-refractivity contribution is 6.31. The van der Waals surface area contributed by atoms with Crippen molar-refractivity contribution in [3.63, 3.8) is 0 Å². The minimum absolute atomic E-state index is 0.0513. The first-order valence-corrected chi connectivity index (χ1v) is 6.34. The predicted octanol–water partition coefficient (Wildman–Crippen LogP) is 1.98. The van der Waals surface area contributed by atoms with Gasteiger partial charge in [0.1, 0.15) is 12.7 Å². The van der Waals surface area contributed by atoms with Gasteiger partial charge in [0.15, 0.2) is 0 Å². The maximum absolute atomic E-state index is 12.0. The van der Waals surface area contributed by atoms with E-state index in [1.807, 2.05) is 24.3 Å². The smallest absolute Gasteiger partial charge is 0.224 e. The van der Waals surface area contributed by atoms with Crippen LogP contribution in [0.4, 0.5) is 0 Å². The molecule has 0 N–H and O–H groups in total. The van der Waals surface area contributed by atoms with Gasteiger partial charge in [0.2, 0.25) is 5.91 Å². The van der Waals surface area contributed by atoms with Crippen molar-refractivity contribution in [3.8, 4) is 0 Å². The Balaban J connectivity index is 1.87. The van der Waals surface area contributed by atoms with Gasteiger partial charge in [-0.05, 0) is 11.6 Å². The van der Waals surface area contributed by atoms with Crippen molar-refractivity contribution in [2.45, 2.75) is 19.5 Å². The number of hydrogen-bond donors (Lipinski definition) is 0. The highest BCUT2D eigenvalue weighted by Crippen LogP contribution is 2.16. The Morgan fingerprint density at radius 3 is 2.89 bits per heavy atom. The van der Waals surface area contributed by atoms with Crippen molar-refractivity contribution >= 4 is 17.5 Å². The normalized spacial score (nSPS) is 10.4. The third-order valence-electron chi connectivity index (χ3n) is 2.81. The van der Waals surface area contributed by atoms with Crippen molar-refractivity contribution in [2.75, 3.05) is 7.05 Å². The molecule has 0 bridgehead atoms. The maximum Gasteiger partial charge on any atom is 0.224 e. The molecule has 0 aliphatic rings. The summed E-state index contributed by atoms with van der Waals surface area (Å²) in [4.78, 5) is 17.5. The summed E-state index contributed by atoms with van der Waals surface area (Å²) in [7, 11) is 1.77. The summed E-state index contributed by atoms with van der Waals surface area (Å²) in [5.41, 5.74) is 0.945. The van der Waals surface area contributed by atoms with Gasteiger partial charge in [-0.1, -0.05) is 29.8 Å². The van der Waals surface area contributed by atoms with Crippen LogP contribution in [0.25, 0.3) is 0 Å². The molecular formula is C13H15ClN4O. The van der Waals surface area contributed by atoms with Gasteiger partial charge in [0.05, 0.1) is 6.54 Å². The Morgan fingerprint density at radius 2 is 2.21 bits per heavy atom. The van der Waals surface area contributed by atoms with Gasteiger partial charge < -0.3 is 4.90 Å². The summed E-state index contributed by atoms with van der Waals surface area (Å²) in [6.07, 6.45) is 3.45. The summed E-state index contributed by atoms with van der Waals surface area (Å²) in [5.74, 6) is 0.0513. The SMILES string of the molecule is CN(Cc1ccccc1Cl)C(=O)CCn1cncn1. The van der Waals surface area contributed by atoms with Crippen LogP contribution in [0.1, 0.15) is 12.0 Å². The molecule has 0 radical (unpaired) electrons. The first kappa shape index (κ1) is 13.5. The highest BCUT2D eigenvalue weighted by Gasteiger charge is 2.11. The van der Waals surface area contributed by atoms with Crippen LogP contribution in [-0.2, 0) is 17.9 Å².